The fraction of sp³-hybridized carbons (Fsp3) is 0.857. The van der Waals surface area contributed by atoms with E-state index in [4.69, 9.17) is 14.0 Å². The van der Waals surface area contributed by atoms with Crippen molar-refractivity contribution in [1.29, 1.82) is 0 Å². The second-order valence-corrected chi connectivity index (χ2v) is 6.53. The Hall–Kier alpha value is -0.980. The van der Waals surface area contributed by atoms with Crippen molar-refractivity contribution >= 4 is 0 Å². The predicted octanol–water partition coefficient (Wildman–Crippen LogP) is 2.21. The summed E-state index contributed by atoms with van der Waals surface area (Å²) in [7, 11) is 1.62. The van der Waals surface area contributed by atoms with Gasteiger partial charge in [0.25, 0.3) is 0 Å². The van der Waals surface area contributed by atoms with Gasteiger partial charge in [-0.2, -0.15) is 4.98 Å². The van der Waals surface area contributed by atoms with Crippen LogP contribution in [0.3, 0.4) is 0 Å². The van der Waals surface area contributed by atoms with Crippen molar-refractivity contribution in [1.82, 2.24) is 15.5 Å². The van der Waals surface area contributed by atoms with Crippen LogP contribution in [-0.2, 0) is 16.0 Å². The maximum Gasteiger partial charge on any atom is 0.240 e. The molecule has 0 aromatic carbocycles. The van der Waals surface area contributed by atoms with Gasteiger partial charge in [-0.25, -0.2) is 0 Å². The first kappa shape index (κ1) is 15.4. The van der Waals surface area contributed by atoms with Gasteiger partial charge in [-0.1, -0.05) is 5.16 Å². The maximum atomic E-state index is 6.05. The second kappa shape index (κ2) is 5.42. The van der Waals surface area contributed by atoms with Gasteiger partial charge in [0.2, 0.25) is 5.89 Å². The van der Waals surface area contributed by atoms with Gasteiger partial charge in [-0.3, -0.25) is 0 Å². The van der Waals surface area contributed by atoms with Gasteiger partial charge in [-0.05, 0) is 41.0 Å². The maximum absolute atomic E-state index is 6.05. The highest BCUT2D eigenvalue weighted by Crippen LogP contribution is 2.37. The summed E-state index contributed by atoms with van der Waals surface area (Å²) in [5.41, 5.74) is -0.308. The minimum absolute atomic E-state index is 0.105. The minimum Gasteiger partial charge on any atom is -0.374 e. The number of methoxy groups -OCH3 is 1. The van der Waals surface area contributed by atoms with Crippen molar-refractivity contribution in [3.05, 3.63) is 11.7 Å². The van der Waals surface area contributed by atoms with Gasteiger partial charge in [0.05, 0.1) is 17.7 Å². The largest absolute Gasteiger partial charge is 0.374 e. The SMILES string of the molecule is CO[C@@H](C)c1noc(CN[C@@H]2CC(C)(C)OC2(C)C)n1. The molecular formula is C14H25N3O3. The quantitative estimate of drug-likeness (QED) is 0.893. The lowest BCUT2D eigenvalue weighted by Crippen LogP contribution is -2.43. The van der Waals surface area contributed by atoms with Crippen molar-refractivity contribution in [2.24, 2.45) is 0 Å². The van der Waals surface area contributed by atoms with E-state index in [-0.39, 0.29) is 23.3 Å². The number of hydrogen-bond acceptors (Lipinski definition) is 6. The van der Waals surface area contributed by atoms with Gasteiger partial charge in [0, 0.05) is 13.2 Å². The van der Waals surface area contributed by atoms with Crippen LogP contribution in [0.5, 0.6) is 0 Å². The fourth-order valence-corrected chi connectivity index (χ4v) is 2.70. The summed E-state index contributed by atoms with van der Waals surface area (Å²) >= 11 is 0. The molecule has 0 saturated carbocycles. The highest BCUT2D eigenvalue weighted by Gasteiger charge is 2.45. The summed E-state index contributed by atoms with van der Waals surface area (Å²) in [6.07, 6.45) is 0.799. The van der Waals surface area contributed by atoms with E-state index < -0.39 is 0 Å². The van der Waals surface area contributed by atoms with E-state index in [9.17, 15) is 0 Å². The first-order chi connectivity index (χ1) is 9.23. The van der Waals surface area contributed by atoms with Gasteiger partial charge in [0.1, 0.15) is 6.10 Å². The Morgan fingerprint density at radius 3 is 2.65 bits per heavy atom. The number of rotatable bonds is 5. The molecule has 0 aliphatic carbocycles. The Kier molecular flexibility index (Phi) is 4.18. The van der Waals surface area contributed by atoms with Crippen LogP contribution in [0, 0.1) is 0 Å². The van der Waals surface area contributed by atoms with Gasteiger partial charge in [0.15, 0.2) is 5.82 Å². The van der Waals surface area contributed by atoms with Crippen molar-refractivity contribution in [2.75, 3.05) is 7.11 Å². The Bertz CT molecular complexity index is 456. The zero-order valence-corrected chi connectivity index (χ0v) is 13.2. The molecule has 1 aromatic heterocycles. The van der Waals surface area contributed by atoms with Crippen LogP contribution in [0.25, 0.3) is 0 Å². The van der Waals surface area contributed by atoms with Crippen LogP contribution < -0.4 is 5.32 Å². The number of nitrogens with one attached hydrogen (secondary N) is 1. The van der Waals surface area contributed by atoms with Crippen LogP contribution in [0.4, 0.5) is 0 Å². The molecule has 6 nitrogen and oxygen atoms in total. The van der Waals surface area contributed by atoms with Crippen molar-refractivity contribution in [2.45, 2.75) is 70.9 Å². The topological polar surface area (TPSA) is 69.4 Å². The predicted molar refractivity (Wildman–Crippen MR) is 74.2 cm³/mol. The van der Waals surface area contributed by atoms with Gasteiger partial charge >= 0.3 is 0 Å². The summed E-state index contributed by atoms with van der Waals surface area (Å²) in [5, 5.41) is 7.37. The molecule has 2 heterocycles. The molecule has 2 rings (SSSR count). The van der Waals surface area contributed by atoms with E-state index >= 15 is 0 Å². The Morgan fingerprint density at radius 1 is 1.40 bits per heavy atom. The molecule has 1 N–H and O–H groups in total. The third-order valence-corrected chi connectivity index (χ3v) is 3.77. The van der Waals surface area contributed by atoms with Gasteiger partial charge in [-0.15, -0.1) is 0 Å². The first-order valence-corrected chi connectivity index (χ1v) is 7.02. The molecule has 0 bridgehead atoms. The lowest BCUT2D eigenvalue weighted by Gasteiger charge is -2.27. The molecule has 0 radical (unpaired) electrons. The van der Waals surface area contributed by atoms with Crippen LogP contribution in [0.15, 0.2) is 4.52 Å². The third-order valence-electron chi connectivity index (χ3n) is 3.77. The second-order valence-electron chi connectivity index (χ2n) is 6.53. The molecule has 0 spiro atoms. The zero-order chi connectivity index (χ0) is 15.0. The molecule has 20 heavy (non-hydrogen) atoms. The Morgan fingerprint density at radius 2 is 2.10 bits per heavy atom. The average molecular weight is 283 g/mol. The molecule has 0 amide bonds. The van der Waals surface area contributed by atoms with Crippen molar-refractivity contribution < 1.29 is 14.0 Å². The van der Waals surface area contributed by atoms with Crippen LogP contribution >= 0.6 is 0 Å². The molecule has 6 heteroatoms. The van der Waals surface area contributed by atoms with Crippen molar-refractivity contribution in [3.8, 4) is 0 Å². The summed E-state index contributed by atoms with van der Waals surface area (Å²) in [6.45, 7) is 10.9. The van der Waals surface area contributed by atoms with E-state index in [1.54, 1.807) is 7.11 Å². The summed E-state index contributed by atoms with van der Waals surface area (Å²) in [6, 6.07) is 0.257. The van der Waals surface area contributed by atoms with E-state index in [2.05, 4.69) is 43.2 Å². The number of aromatic nitrogens is 2. The monoisotopic (exact) mass is 283 g/mol. The molecule has 114 valence electrons. The zero-order valence-electron chi connectivity index (χ0n) is 13.2. The molecule has 2 atom stereocenters. The molecule has 1 fully saturated rings. The van der Waals surface area contributed by atoms with E-state index in [1.807, 2.05) is 6.92 Å². The molecular weight excluding hydrogens is 258 g/mol. The molecule has 1 saturated heterocycles. The smallest absolute Gasteiger partial charge is 0.240 e. The van der Waals surface area contributed by atoms with Crippen molar-refractivity contribution in [3.63, 3.8) is 0 Å². The van der Waals surface area contributed by atoms with Crippen LogP contribution in [0.2, 0.25) is 0 Å². The molecule has 1 aromatic rings. The molecule has 1 aliphatic heterocycles. The summed E-state index contributed by atoms with van der Waals surface area (Å²) in [4.78, 5) is 4.32. The minimum atomic E-state index is -0.202. The fourth-order valence-electron chi connectivity index (χ4n) is 2.70. The third kappa shape index (κ3) is 3.37. The lowest BCUT2D eigenvalue weighted by molar-refractivity contribution is -0.0700. The number of ether oxygens (including phenoxy) is 2. The lowest BCUT2D eigenvalue weighted by atomic mass is 9.94. The van der Waals surface area contributed by atoms with Gasteiger partial charge < -0.3 is 19.3 Å². The van der Waals surface area contributed by atoms with E-state index in [1.165, 1.54) is 0 Å². The molecule has 0 unspecified atom stereocenters. The average Bonchev–Trinajstić information content (AvgIpc) is 2.87. The normalized spacial score (nSPS) is 25.8. The standard InChI is InChI=1S/C14H25N3O3/c1-9(18-6)12-16-11(19-17-12)8-15-10-7-13(2,3)20-14(10,4)5/h9-10,15H,7-8H2,1-6H3/t9-,10+/m0/s1. The summed E-state index contributed by atoms with van der Waals surface area (Å²) < 4.78 is 16.4. The Labute approximate surface area is 120 Å². The highest BCUT2D eigenvalue weighted by molar-refractivity contribution is 4.99. The number of nitrogens with zero attached hydrogens (tertiary/aromatic N) is 2. The molecule has 1 aliphatic rings. The van der Waals surface area contributed by atoms with Crippen LogP contribution in [-0.4, -0.2) is 34.5 Å². The Balaban J connectivity index is 1.94. The number of hydrogen-bond donors (Lipinski definition) is 1. The van der Waals surface area contributed by atoms with Crippen LogP contribution in [0.1, 0.15) is 58.9 Å². The highest BCUT2D eigenvalue weighted by atomic mass is 16.5. The summed E-state index contributed by atoms with van der Waals surface area (Å²) in [5.74, 6) is 1.15. The van der Waals surface area contributed by atoms with E-state index in [0.717, 1.165) is 6.42 Å². The van der Waals surface area contributed by atoms with E-state index in [0.29, 0.717) is 18.3 Å². The first-order valence-electron chi connectivity index (χ1n) is 7.02.